The minimum absolute atomic E-state index is 0.0488. The largest absolute Gasteiger partial charge is 0.508 e. The molecule has 0 aliphatic carbocycles. The molecule has 2 atom stereocenters. The Morgan fingerprint density at radius 1 is 1.26 bits per heavy atom. The maximum Gasteiger partial charge on any atom is 0.326 e. The molecule has 0 spiro atoms. The summed E-state index contributed by atoms with van der Waals surface area (Å²) in [4.78, 5) is 25.1. The van der Waals surface area contributed by atoms with Gasteiger partial charge in [-0.05, 0) is 43.0 Å². The van der Waals surface area contributed by atoms with Gasteiger partial charge in [0, 0.05) is 12.1 Å². The standard InChI is InChI=1S/C14H17NO4/c1-9-3-2-8-15(12(9)14(18)19)13(17)10-4-6-11(16)7-5-10/h4-7,9,12,16H,2-3,8H2,1H3,(H,18,19). The number of amides is 1. The van der Waals surface area contributed by atoms with Gasteiger partial charge >= 0.3 is 5.97 Å². The lowest BCUT2D eigenvalue weighted by Gasteiger charge is -2.37. The van der Waals surface area contributed by atoms with Crippen molar-refractivity contribution < 1.29 is 19.8 Å². The lowest BCUT2D eigenvalue weighted by atomic mass is 9.90. The van der Waals surface area contributed by atoms with Gasteiger partial charge in [-0.3, -0.25) is 4.79 Å². The van der Waals surface area contributed by atoms with E-state index in [9.17, 15) is 19.8 Å². The first-order valence-electron chi connectivity index (χ1n) is 6.33. The van der Waals surface area contributed by atoms with E-state index in [2.05, 4.69) is 0 Å². The van der Waals surface area contributed by atoms with Gasteiger partial charge in [0.15, 0.2) is 0 Å². The number of aromatic hydroxyl groups is 1. The molecule has 102 valence electrons. The third kappa shape index (κ3) is 2.70. The molecule has 5 heteroatoms. The highest BCUT2D eigenvalue weighted by atomic mass is 16.4. The van der Waals surface area contributed by atoms with E-state index in [1.165, 1.54) is 29.2 Å². The van der Waals surface area contributed by atoms with E-state index >= 15 is 0 Å². The molecule has 1 amide bonds. The van der Waals surface area contributed by atoms with Crippen LogP contribution in [0.15, 0.2) is 24.3 Å². The summed E-state index contributed by atoms with van der Waals surface area (Å²) in [5.74, 6) is -1.22. The monoisotopic (exact) mass is 263 g/mol. The van der Waals surface area contributed by atoms with Crippen molar-refractivity contribution in [3.05, 3.63) is 29.8 Å². The molecule has 1 saturated heterocycles. The van der Waals surface area contributed by atoms with Crippen LogP contribution in [0, 0.1) is 5.92 Å². The number of likely N-dealkylation sites (tertiary alicyclic amines) is 1. The lowest BCUT2D eigenvalue weighted by Crippen LogP contribution is -2.51. The first-order chi connectivity index (χ1) is 9.00. The lowest BCUT2D eigenvalue weighted by molar-refractivity contribution is -0.145. The van der Waals surface area contributed by atoms with Crippen molar-refractivity contribution in [1.29, 1.82) is 0 Å². The van der Waals surface area contributed by atoms with Crippen LogP contribution in [0.25, 0.3) is 0 Å². The van der Waals surface area contributed by atoms with E-state index < -0.39 is 12.0 Å². The van der Waals surface area contributed by atoms with Gasteiger partial charge in [-0.25, -0.2) is 4.79 Å². The topological polar surface area (TPSA) is 77.8 Å². The second-order valence-electron chi connectivity index (χ2n) is 4.95. The molecule has 1 aromatic rings. The SMILES string of the molecule is CC1CCCN(C(=O)c2ccc(O)cc2)C1C(=O)O. The van der Waals surface area contributed by atoms with Gasteiger partial charge in [0.2, 0.25) is 0 Å². The molecule has 1 aliphatic heterocycles. The number of carboxylic acids is 1. The van der Waals surface area contributed by atoms with Crippen molar-refractivity contribution in [1.82, 2.24) is 4.90 Å². The van der Waals surface area contributed by atoms with E-state index in [0.717, 1.165) is 12.8 Å². The summed E-state index contributed by atoms with van der Waals surface area (Å²) in [5.41, 5.74) is 0.401. The number of piperidine rings is 1. The highest BCUT2D eigenvalue weighted by molar-refractivity contribution is 5.96. The molecular formula is C14H17NO4. The number of phenols is 1. The van der Waals surface area contributed by atoms with Gasteiger partial charge in [-0.1, -0.05) is 6.92 Å². The Morgan fingerprint density at radius 3 is 2.47 bits per heavy atom. The molecule has 19 heavy (non-hydrogen) atoms. The highest BCUT2D eigenvalue weighted by Crippen LogP contribution is 2.25. The summed E-state index contributed by atoms with van der Waals surface area (Å²) >= 11 is 0. The van der Waals surface area contributed by atoms with Gasteiger partial charge in [-0.15, -0.1) is 0 Å². The number of hydrogen-bond donors (Lipinski definition) is 2. The molecule has 0 bridgehead atoms. The van der Waals surface area contributed by atoms with Gasteiger partial charge in [0.25, 0.3) is 5.91 Å². The molecule has 5 nitrogen and oxygen atoms in total. The van der Waals surface area contributed by atoms with E-state index in [0.29, 0.717) is 12.1 Å². The fourth-order valence-electron chi connectivity index (χ4n) is 2.56. The molecule has 2 rings (SSSR count). The minimum Gasteiger partial charge on any atom is -0.508 e. The molecule has 2 unspecified atom stereocenters. The van der Waals surface area contributed by atoms with Crippen molar-refractivity contribution >= 4 is 11.9 Å². The van der Waals surface area contributed by atoms with Gasteiger partial charge in [-0.2, -0.15) is 0 Å². The molecule has 1 fully saturated rings. The summed E-state index contributed by atoms with van der Waals surface area (Å²) in [6.07, 6.45) is 1.63. The van der Waals surface area contributed by atoms with Gasteiger partial charge < -0.3 is 15.1 Å². The fourth-order valence-corrected chi connectivity index (χ4v) is 2.56. The van der Waals surface area contributed by atoms with E-state index in [1.807, 2.05) is 6.92 Å². The van der Waals surface area contributed by atoms with Crippen molar-refractivity contribution in [2.24, 2.45) is 5.92 Å². The summed E-state index contributed by atoms with van der Waals surface area (Å²) in [6.45, 7) is 2.32. The van der Waals surface area contributed by atoms with Gasteiger partial charge in [0.05, 0.1) is 0 Å². The first-order valence-corrected chi connectivity index (χ1v) is 6.33. The van der Waals surface area contributed by atoms with Crippen LogP contribution in [-0.2, 0) is 4.79 Å². The molecule has 1 aliphatic rings. The second-order valence-corrected chi connectivity index (χ2v) is 4.95. The maximum absolute atomic E-state index is 12.4. The molecule has 0 saturated carbocycles. The summed E-state index contributed by atoms with van der Waals surface area (Å²) < 4.78 is 0. The molecule has 0 aromatic heterocycles. The summed E-state index contributed by atoms with van der Waals surface area (Å²) in [6, 6.07) is 5.11. The van der Waals surface area contributed by atoms with Crippen LogP contribution in [0.3, 0.4) is 0 Å². The number of carbonyl (C=O) groups is 2. The molecule has 2 N–H and O–H groups in total. The Morgan fingerprint density at radius 2 is 1.89 bits per heavy atom. The Bertz CT molecular complexity index is 483. The number of aliphatic carboxylic acids is 1. The van der Waals surface area contributed by atoms with Crippen molar-refractivity contribution in [2.45, 2.75) is 25.8 Å². The summed E-state index contributed by atoms with van der Waals surface area (Å²) in [5, 5.41) is 18.5. The molecule has 1 aromatic carbocycles. The molecule has 1 heterocycles. The van der Waals surface area contributed by atoms with Crippen molar-refractivity contribution in [3.8, 4) is 5.75 Å². The molecular weight excluding hydrogens is 246 g/mol. The number of carboxylic acid groups (broad SMARTS) is 1. The van der Waals surface area contributed by atoms with Gasteiger partial charge in [0.1, 0.15) is 11.8 Å². The van der Waals surface area contributed by atoms with E-state index in [4.69, 9.17) is 0 Å². The second kappa shape index (κ2) is 5.30. The third-order valence-corrected chi connectivity index (χ3v) is 3.56. The third-order valence-electron chi connectivity index (χ3n) is 3.56. The zero-order chi connectivity index (χ0) is 14.0. The smallest absolute Gasteiger partial charge is 0.326 e. The number of nitrogens with zero attached hydrogens (tertiary/aromatic N) is 1. The van der Waals surface area contributed by atoms with Crippen LogP contribution in [-0.4, -0.2) is 39.6 Å². The Hall–Kier alpha value is -2.04. The zero-order valence-electron chi connectivity index (χ0n) is 10.7. The first kappa shape index (κ1) is 13.4. The van der Waals surface area contributed by atoms with Crippen LogP contribution < -0.4 is 0 Å². The van der Waals surface area contributed by atoms with E-state index in [-0.39, 0.29) is 17.6 Å². The minimum atomic E-state index is -0.959. The van der Waals surface area contributed by atoms with Crippen LogP contribution in [0.1, 0.15) is 30.1 Å². The average molecular weight is 263 g/mol. The number of hydrogen-bond acceptors (Lipinski definition) is 3. The average Bonchev–Trinajstić information content (AvgIpc) is 2.38. The highest BCUT2D eigenvalue weighted by Gasteiger charge is 2.37. The predicted molar refractivity (Wildman–Crippen MR) is 69.0 cm³/mol. The number of rotatable bonds is 2. The zero-order valence-corrected chi connectivity index (χ0v) is 10.7. The fraction of sp³-hybridized carbons (Fsp3) is 0.429. The van der Waals surface area contributed by atoms with Crippen LogP contribution in [0.4, 0.5) is 0 Å². The number of phenolic OH excluding ortho intramolecular Hbond substituents is 1. The normalized spacial score (nSPS) is 23.1. The Kier molecular flexibility index (Phi) is 3.74. The quantitative estimate of drug-likeness (QED) is 0.851. The number of carbonyl (C=O) groups excluding carboxylic acids is 1. The maximum atomic E-state index is 12.4. The van der Waals surface area contributed by atoms with Crippen LogP contribution >= 0.6 is 0 Å². The predicted octanol–water partition coefficient (Wildman–Crippen LogP) is 1.72. The van der Waals surface area contributed by atoms with Crippen LogP contribution in [0.5, 0.6) is 5.75 Å². The number of benzene rings is 1. The van der Waals surface area contributed by atoms with Crippen LogP contribution in [0.2, 0.25) is 0 Å². The Balaban J connectivity index is 2.25. The van der Waals surface area contributed by atoms with Crippen molar-refractivity contribution in [2.75, 3.05) is 6.54 Å². The van der Waals surface area contributed by atoms with Crippen molar-refractivity contribution in [3.63, 3.8) is 0 Å². The Labute approximate surface area is 111 Å². The molecule has 0 radical (unpaired) electrons. The van der Waals surface area contributed by atoms with E-state index in [1.54, 1.807) is 0 Å². The summed E-state index contributed by atoms with van der Waals surface area (Å²) in [7, 11) is 0.